The highest BCUT2D eigenvalue weighted by Gasteiger charge is 2.24. The van der Waals surface area contributed by atoms with Crippen LogP contribution in [0.5, 0.6) is 0 Å². The summed E-state index contributed by atoms with van der Waals surface area (Å²) in [5.41, 5.74) is 3.86. The topological polar surface area (TPSA) is 136 Å². The van der Waals surface area contributed by atoms with Crippen LogP contribution in [0.15, 0.2) is 18.2 Å². The number of hydrogen-bond acceptors (Lipinski definition) is 5. The second-order valence-electron chi connectivity index (χ2n) is 4.95. The van der Waals surface area contributed by atoms with Gasteiger partial charge in [-0.05, 0) is 26.0 Å². The minimum atomic E-state index is -1.40. The Bertz CT molecular complexity index is 568. The Kier molecular flexibility index (Phi) is 4.28. The number of carboxylic acid groups (broad SMARTS) is 1. The molecule has 20 heavy (non-hydrogen) atoms. The quantitative estimate of drug-likeness (QED) is 0.532. The van der Waals surface area contributed by atoms with E-state index < -0.39 is 33.6 Å². The van der Waals surface area contributed by atoms with Crippen molar-refractivity contribution in [3.05, 3.63) is 33.9 Å². The summed E-state index contributed by atoms with van der Waals surface area (Å²) in [6.45, 7) is 3.42. The largest absolute Gasteiger partial charge is 0.477 e. The fourth-order valence-electron chi connectivity index (χ4n) is 1.81. The van der Waals surface area contributed by atoms with Crippen molar-refractivity contribution >= 4 is 23.3 Å². The number of nitrogens with zero attached hydrogens (tertiary/aromatic N) is 1. The lowest BCUT2D eigenvalue weighted by molar-refractivity contribution is -0.385. The molecule has 0 saturated heterocycles. The van der Waals surface area contributed by atoms with Gasteiger partial charge in [0.2, 0.25) is 5.91 Å². The first-order valence-electron chi connectivity index (χ1n) is 5.70. The molecule has 0 spiro atoms. The van der Waals surface area contributed by atoms with Gasteiger partial charge in [0.1, 0.15) is 5.56 Å². The first kappa shape index (κ1) is 15.4. The number of carbonyl (C=O) groups is 2. The highest BCUT2D eigenvalue weighted by Crippen LogP contribution is 2.25. The van der Waals surface area contributed by atoms with Gasteiger partial charge in [-0.3, -0.25) is 14.9 Å². The van der Waals surface area contributed by atoms with Gasteiger partial charge >= 0.3 is 5.97 Å². The molecule has 0 aliphatic rings. The number of nitro benzene ring substituents is 1. The van der Waals surface area contributed by atoms with Crippen LogP contribution >= 0.6 is 0 Å². The molecule has 0 aromatic heterocycles. The molecule has 0 saturated carbocycles. The number of anilines is 1. The van der Waals surface area contributed by atoms with Crippen molar-refractivity contribution < 1.29 is 19.6 Å². The Labute approximate surface area is 114 Å². The zero-order valence-corrected chi connectivity index (χ0v) is 11.0. The number of carbonyl (C=O) groups excluding carboxylic acids is 1. The van der Waals surface area contributed by atoms with Crippen LogP contribution in [0, 0.1) is 10.1 Å². The van der Waals surface area contributed by atoms with Gasteiger partial charge in [0.15, 0.2) is 0 Å². The van der Waals surface area contributed by atoms with Crippen LogP contribution < -0.4 is 11.1 Å². The fraction of sp³-hybridized carbons (Fsp3) is 0.333. The molecular formula is C12H15N3O5. The predicted octanol–water partition coefficient (Wildman–Crippen LogP) is 1.36. The van der Waals surface area contributed by atoms with Crippen LogP contribution in [0.25, 0.3) is 0 Å². The highest BCUT2D eigenvalue weighted by molar-refractivity contribution is 5.93. The van der Waals surface area contributed by atoms with Crippen LogP contribution in [0.3, 0.4) is 0 Å². The number of nitrogens with two attached hydrogens (primary N) is 1. The third-order valence-electron chi connectivity index (χ3n) is 2.52. The van der Waals surface area contributed by atoms with Crippen molar-refractivity contribution in [1.29, 1.82) is 0 Å². The van der Waals surface area contributed by atoms with Crippen molar-refractivity contribution in [3.63, 3.8) is 0 Å². The second-order valence-corrected chi connectivity index (χ2v) is 4.95. The SMILES string of the molecule is CC(C)(CC(N)=O)Nc1ccc([N+](=O)[O-])c(C(=O)O)c1. The molecule has 1 aromatic rings. The van der Waals surface area contributed by atoms with E-state index in [1.807, 2.05) is 0 Å². The summed E-state index contributed by atoms with van der Waals surface area (Å²) in [6.07, 6.45) is 0.0341. The van der Waals surface area contributed by atoms with E-state index in [1.165, 1.54) is 6.07 Å². The molecular weight excluding hydrogens is 266 g/mol. The van der Waals surface area contributed by atoms with Crippen molar-refractivity contribution in [3.8, 4) is 0 Å². The molecule has 0 radical (unpaired) electrons. The lowest BCUT2D eigenvalue weighted by Crippen LogP contribution is -2.36. The van der Waals surface area contributed by atoms with E-state index in [9.17, 15) is 19.7 Å². The average molecular weight is 281 g/mol. The maximum atomic E-state index is 11.0. The van der Waals surface area contributed by atoms with Gasteiger partial charge in [0.25, 0.3) is 5.69 Å². The van der Waals surface area contributed by atoms with Crippen LogP contribution in [-0.2, 0) is 4.79 Å². The van der Waals surface area contributed by atoms with Gasteiger partial charge < -0.3 is 16.2 Å². The summed E-state index contributed by atoms with van der Waals surface area (Å²) >= 11 is 0. The number of nitro groups is 1. The molecule has 0 unspecified atom stereocenters. The molecule has 1 aromatic carbocycles. The van der Waals surface area contributed by atoms with Gasteiger partial charge in [-0.15, -0.1) is 0 Å². The van der Waals surface area contributed by atoms with Gasteiger partial charge in [0.05, 0.1) is 4.92 Å². The van der Waals surface area contributed by atoms with Gasteiger partial charge in [-0.25, -0.2) is 4.79 Å². The van der Waals surface area contributed by atoms with Crippen molar-refractivity contribution in [2.24, 2.45) is 5.73 Å². The summed E-state index contributed by atoms with van der Waals surface area (Å²) in [5, 5.41) is 22.6. The molecule has 4 N–H and O–H groups in total. The highest BCUT2D eigenvalue weighted by atomic mass is 16.6. The summed E-state index contributed by atoms with van der Waals surface area (Å²) in [5.74, 6) is -1.91. The van der Waals surface area contributed by atoms with Crippen molar-refractivity contribution in [2.45, 2.75) is 25.8 Å². The van der Waals surface area contributed by atoms with Crippen molar-refractivity contribution in [2.75, 3.05) is 5.32 Å². The molecule has 1 amide bonds. The number of rotatable bonds is 6. The van der Waals surface area contributed by atoms with E-state index >= 15 is 0 Å². The predicted molar refractivity (Wildman–Crippen MR) is 71.6 cm³/mol. The summed E-state index contributed by atoms with van der Waals surface area (Å²) in [4.78, 5) is 31.9. The van der Waals surface area contributed by atoms with E-state index in [-0.39, 0.29) is 6.42 Å². The maximum absolute atomic E-state index is 11.0. The number of hydrogen-bond donors (Lipinski definition) is 3. The first-order chi connectivity index (χ1) is 9.12. The van der Waals surface area contributed by atoms with Crippen LogP contribution in [0.4, 0.5) is 11.4 Å². The van der Waals surface area contributed by atoms with Crippen molar-refractivity contribution in [1.82, 2.24) is 0 Å². The average Bonchev–Trinajstić information content (AvgIpc) is 2.25. The van der Waals surface area contributed by atoms with Crippen LogP contribution in [-0.4, -0.2) is 27.4 Å². The molecule has 0 heterocycles. The molecule has 1 rings (SSSR count). The molecule has 8 heteroatoms. The minimum Gasteiger partial charge on any atom is -0.477 e. The first-order valence-corrected chi connectivity index (χ1v) is 5.70. The van der Waals surface area contributed by atoms with Crippen LogP contribution in [0.2, 0.25) is 0 Å². The second kappa shape index (κ2) is 5.55. The Morgan fingerprint density at radius 2 is 2.05 bits per heavy atom. The molecule has 0 aliphatic carbocycles. The molecule has 0 bridgehead atoms. The monoisotopic (exact) mass is 281 g/mol. The number of nitrogens with one attached hydrogen (secondary N) is 1. The van der Waals surface area contributed by atoms with E-state index in [2.05, 4.69) is 5.32 Å². The van der Waals surface area contributed by atoms with Gasteiger partial charge in [-0.1, -0.05) is 0 Å². The fourth-order valence-corrected chi connectivity index (χ4v) is 1.81. The molecule has 0 aliphatic heterocycles. The zero-order valence-electron chi connectivity index (χ0n) is 11.0. The zero-order chi connectivity index (χ0) is 15.5. The Hall–Kier alpha value is -2.64. The number of amides is 1. The van der Waals surface area contributed by atoms with E-state index in [0.29, 0.717) is 5.69 Å². The number of aromatic carboxylic acids is 1. The Morgan fingerprint density at radius 1 is 1.45 bits per heavy atom. The number of carboxylic acids is 1. The minimum absolute atomic E-state index is 0.0341. The normalized spacial score (nSPS) is 10.9. The Balaban J connectivity index is 3.10. The standard InChI is InChI=1S/C12H15N3O5/c1-12(2,6-10(13)16)14-7-3-4-9(15(19)20)8(5-7)11(17)18/h3-5,14H,6H2,1-2H3,(H2,13,16)(H,17,18). The van der Waals surface area contributed by atoms with Gasteiger partial charge in [-0.2, -0.15) is 0 Å². The van der Waals surface area contributed by atoms with E-state index in [1.54, 1.807) is 13.8 Å². The molecule has 0 atom stereocenters. The maximum Gasteiger partial charge on any atom is 0.342 e. The van der Waals surface area contributed by atoms with Crippen LogP contribution in [0.1, 0.15) is 30.6 Å². The molecule has 108 valence electrons. The Morgan fingerprint density at radius 3 is 2.50 bits per heavy atom. The summed E-state index contributed by atoms with van der Waals surface area (Å²) in [7, 11) is 0. The van der Waals surface area contributed by atoms with Gasteiger partial charge in [0, 0.05) is 23.7 Å². The summed E-state index contributed by atoms with van der Waals surface area (Å²) in [6, 6.07) is 3.64. The number of benzene rings is 1. The van der Waals surface area contributed by atoms with E-state index in [0.717, 1.165) is 12.1 Å². The number of primary amides is 1. The lowest BCUT2D eigenvalue weighted by Gasteiger charge is -2.26. The third-order valence-corrected chi connectivity index (χ3v) is 2.52. The summed E-state index contributed by atoms with van der Waals surface area (Å²) < 4.78 is 0. The third kappa shape index (κ3) is 3.94. The lowest BCUT2D eigenvalue weighted by atomic mass is 9.99. The smallest absolute Gasteiger partial charge is 0.342 e. The van der Waals surface area contributed by atoms with E-state index in [4.69, 9.17) is 10.8 Å². The molecule has 0 fully saturated rings. The molecule has 8 nitrogen and oxygen atoms in total.